The van der Waals surface area contributed by atoms with Gasteiger partial charge in [-0.2, -0.15) is 0 Å². The number of cyclic esters (lactones) is 1. The normalized spacial score (nSPS) is 36.8. The van der Waals surface area contributed by atoms with Crippen LogP contribution in [0.3, 0.4) is 0 Å². The number of carbonyl (C=O) groups excluding carboxylic acids is 1. The van der Waals surface area contributed by atoms with Crippen molar-refractivity contribution in [2.75, 3.05) is 20.3 Å². The zero-order valence-corrected chi connectivity index (χ0v) is 22.6. The molecule has 0 aliphatic carbocycles. The number of fused-ring (bicyclic) bond motifs is 2. The third kappa shape index (κ3) is 5.48. The van der Waals surface area contributed by atoms with Crippen molar-refractivity contribution in [1.29, 1.82) is 0 Å². The van der Waals surface area contributed by atoms with Crippen LogP contribution >= 0.6 is 0 Å². The smallest absolute Gasteiger partial charge is 0.342 e. The highest BCUT2D eigenvalue weighted by Crippen LogP contribution is 2.43. The molecule has 3 heterocycles. The van der Waals surface area contributed by atoms with Crippen LogP contribution in [0.5, 0.6) is 17.2 Å². The number of methoxy groups -OCH3 is 1. The Hall–Kier alpha value is -2.83. The Morgan fingerprint density at radius 3 is 2.19 bits per heavy atom. The molecule has 0 radical (unpaired) electrons. The van der Waals surface area contributed by atoms with Crippen molar-refractivity contribution in [3.05, 3.63) is 29.3 Å². The van der Waals surface area contributed by atoms with Crippen molar-refractivity contribution in [2.45, 2.75) is 80.9 Å². The topological polar surface area (TPSA) is 234 Å². The van der Waals surface area contributed by atoms with Crippen molar-refractivity contribution in [3.63, 3.8) is 0 Å². The maximum Gasteiger partial charge on any atom is 0.342 e. The fraction of sp³-hybridized carbons (Fsp3) is 0.593. The van der Waals surface area contributed by atoms with Crippen molar-refractivity contribution in [1.82, 2.24) is 0 Å². The van der Waals surface area contributed by atoms with Crippen LogP contribution in [0.4, 0.5) is 0 Å². The maximum absolute atomic E-state index is 12.6. The molecule has 0 saturated carbocycles. The van der Waals surface area contributed by atoms with E-state index in [2.05, 4.69) is 0 Å². The van der Waals surface area contributed by atoms with E-state index in [1.807, 2.05) is 0 Å². The van der Waals surface area contributed by atoms with Gasteiger partial charge in [0.15, 0.2) is 6.29 Å². The molecule has 2 fully saturated rings. The molecule has 42 heavy (non-hydrogen) atoms. The first-order valence-corrected chi connectivity index (χ1v) is 13.3. The van der Waals surface area contributed by atoms with Crippen molar-refractivity contribution in [2.24, 2.45) is 0 Å². The second kappa shape index (κ2) is 12.0. The number of aromatic hydroxyl groups is 1. The van der Waals surface area contributed by atoms with Gasteiger partial charge >= 0.3 is 5.97 Å². The summed E-state index contributed by atoms with van der Waals surface area (Å²) < 4.78 is 33.0. The summed E-state index contributed by atoms with van der Waals surface area (Å²) in [5.41, 5.74) is 0.517. The summed E-state index contributed by atoms with van der Waals surface area (Å²) in [5.74, 6) is -0.928. The lowest BCUT2D eigenvalue weighted by Crippen LogP contribution is -2.62. The molecule has 0 unspecified atom stereocenters. The van der Waals surface area contributed by atoms with Gasteiger partial charge in [-0.15, -0.1) is 0 Å². The summed E-state index contributed by atoms with van der Waals surface area (Å²) >= 11 is 0. The quantitative estimate of drug-likeness (QED) is 0.156. The van der Waals surface area contributed by atoms with Gasteiger partial charge in [-0.25, -0.2) is 4.79 Å². The summed E-state index contributed by atoms with van der Waals surface area (Å²) in [6.45, 7) is 0.478. The summed E-state index contributed by atoms with van der Waals surface area (Å²) in [5, 5.41) is 83.0. The van der Waals surface area contributed by atoms with Gasteiger partial charge in [0.05, 0.1) is 25.7 Å². The fourth-order valence-electron chi connectivity index (χ4n) is 5.38. The second-order valence-electron chi connectivity index (χ2n) is 10.6. The van der Waals surface area contributed by atoms with Gasteiger partial charge in [-0.05, 0) is 30.0 Å². The first kappa shape index (κ1) is 30.6. The molecule has 0 aromatic heterocycles. The number of rotatable bonds is 7. The molecule has 11 atom stereocenters. The summed E-state index contributed by atoms with van der Waals surface area (Å²) in [7, 11) is 1.40. The summed E-state index contributed by atoms with van der Waals surface area (Å²) in [6, 6.07) is 4.67. The number of hydrogen-bond acceptors (Lipinski definition) is 15. The van der Waals surface area contributed by atoms with Crippen molar-refractivity contribution in [3.8, 4) is 17.2 Å². The Kier molecular flexibility index (Phi) is 8.78. The van der Waals surface area contributed by atoms with E-state index >= 15 is 0 Å². The van der Waals surface area contributed by atoms with E-state index in [1.165, 1.54) is 13.2 Å². The van der Waals surface area contributed by atoms with Gasteiger partial charge in [0.25, 0.3) is 0 Å². The van der Waals surface area contributed by atoms with Crippen LogP contribution < -0.4 is 9.47 Å². The Morgan fingerprint density at radius 2 is 1.52 bits per heavy atom. The van der Waals surface area contributed by atoms with Crippen molar-refractivity contribution >= 4 is 16.7 Å². The van der Waals surface area contributed by atoms with E-state index < -0.39 is 92.4 Å². The first-order valence-electron chi connectivity index (χ1n) is 13.3. The minimum atomic E-state index is -1.80. The first-order chi connectivity index (χ1) is 19.9. The van der Waals surface area contributed by atoms with Crippen LogP contribution in [0.2, 0.25) is 0 Å². The van der Waals surface area contributed by atoms with E-state index in [1.54, 1.807) is 19.1 Å². The average molecular weight is 599 g/mol. The molecule has 0 amide bonds. The molecule has 2 aromatic rings. The highest BCUT2D eigenvalue weighted by Gasteiger charge is 2.48. The molecule has 2 saturated heterocycles. The molecule has 0 bridgehead atoms. The zero-order chi connectivity index (χ0) is 30.5. The Balaban J connectivity index is 1.41. The van der Waals surface area contributed by atoms with Crippen LogP contribution in [-0.2, 0) is 25.4 Å². The third-order valence-electron chi connectivity index (χ3n) is 7.67. The monoisotopic (exact) mass is 598 g/mol. The minimum absolute atomic E-state index is 0.0398. The van der Waals surface area contributed by atoms with E-state index in [9.17, 15) is 45.6 Å². The number of carbonyl (C=O) groups is 1. The molecule has 232 valence electrons. The van der Waals surface area contributed by atoms with Crippen LogP contribution in [0.25, 0.3) is 10.8 Å². The highest BCUT2D eigenvalue weighted by atomic mass is 16.7. The average Bonchev–Trinajstić information content (AvgIpc) is 2.95. The van der Waals surface area contributed by atoms with E-state index in [-0.39, 0.29) is 16.7 Å². The molecule has 15 nitrogen and oxygen atoms in total. The lowest BCUT2D eigenvalue weighted by atomic mass is 9.93. The predicted octanol–water partition coefficient (Wildman–Crippen LogP) is -2.34. The largest absolute Gasteiger partial charge is 0.506 e. The Bertz CT molecular complexity index is 1300. The van der Waals surface area contributed by atoms with E-state index in [0.717, 1.165) is 0 Å². The maximum atomic E-state index is 12.6. The number of phenols is 1. The number of phenolic OH excluding ortho intramolecular Hbond substituents is 1. The fourth-order valence-corrected chi connectivity index (χ4v) is 5.38. The standard InChI is InChI=1S/C27H34O15/c1-9-3-10-4-11-5-12(37-2)6-13(16(11)20(31)17(10)25(36)39-9)40-27-24(35)22(33)19(30)15(42-27)8-38-26-23(34)21(32)18(29)14(7-28)41-26/h4-6,9,14-15,18-19,21-24,26-35H,3,7-8H2,1-2H3/t9-,14-,15-,18-,19-,21-,22+,23-,24-,26-,27-/m1/s1. The number of esters is 1. The molecular formula is C27H34O15. The summed E-state index contributed by atoms with van der Waals surface area (Å²) in [4.78, 5) is 12.6. The lowest BCUT2D eigenvalue weighted by molar-refractivity contribution is -0.323. The number of ether oxygens (including phenoxy) is 6. The van der Waals surface area contributed by atoms with Gasteiger partial charge in [0.2, 0.25) is 6.29 Å². The summed E-state index contributed by atoms with van der Waals surface area (Å²) in [6.07, 6.45) is -16.2. The number of benzene rings is 2. The predicted molar refractivity (Wildman–Crippen MR) is 138 cm³/mol. The van der Waals surface area contributed by atoms with Gasteiger partial charge in [0, 0.05) is 12.5 Å². The third-order valence-corrected chi connectivity index (χ3v) is 7.67. The van der Waals surface area contributed by atoms with Crippen LogP contribution in [0.1, 0.15) is 22.8 Å². The van der Waals surface area contributed by atoms with Gasteiger partial charge in [-0.1, -0.05) is 0 Å². The molecule has 3 aliphatic heterocycles. The van der Waals surface area contributed by atoms with Crippen LogP contribution in [0, 0.1) is 0 Å². The Morgan fingerprint density at radius 1 is 0.881 bits per heavy atom. The van der Waals surface area contributed by atoms with Gasteiger partial charge in [0.1, 0.15) is 77.7 Å². The van der Waals surface area contributed by atoms with Gasteiger partial charge < -0.3 is 69.3 Å². The van der Waals surface area contributed by atoms with Gasteiger partial charge in [-0.3, -0.25) is 0 Å². The molecule has 0 spiro atoms. The molecule has 15 heteroatoms. The Labute approximate surface area is 238 Å². The molecule has 5 rings (SSSR count). The van der Waals surface area contributed by atoms with Crippen LogP contribution in [-0.4, -0.2) is 135 Å². The number of hydrogen-bond donors (Lipinski definition) is 8. The second-order valence-corrected chi connectivity index (χ2v) is 10.6. The lowest BCUT2D eigenvalue weighted by Gasteiger charge is -2.42. The van der Waals surface area contributed by atoms with Crippen molar-refractivity contribution < 1.29 is 74.1 Å². The SMILES string of the molecule is COc1cc(O[C@@H]2O[C@H](CO[C@@H]3O[C@H](CO)[C@@H](O)[C@@H](O)[C@H]3O)[C@@H](O)[C@H](O)[C@H]2O)c2c(O)c3c(cc2c1)C[C@@H](C)OC3=O. The minimum Gasteiger partial charge on any atom is -0.506 e. The number of aliphatic hydroxyl groups is 7. The molecular weight excluding hydrogens is 564 g/mol. The molecule has 3 aliphatic rings. The molecule has 8 N–H and O–H groups in total. The van der Waals surface area contributed by atoms with E-state index in [4.69, 9.17) is 28.4 Å². The number of aliphatic hydroxyl groups excluding tert-OH is 7. The highest BCUT2D eigenvalue weighted by molar-refractivity contribution is 6.06. The molecule has 2 aromatic carbocycles. The van der Waals surface area contributed by atoms with E-state index in [0.29, 0.717) is 23.1 Å². The zero-order valence-electron chi connectivity index (χ0n) is 22.6. The van der Waals surface area contributed by atoms with Crippen LogP contribution in [0.15, 0.2) is 18.2 Å².